The summed E-state index contributed by atoms with van der Waals surface area (Å²) in [6.07, 6.45) is 3.34. The van der Waals surface area contributed by atoms with Crippen LogP contribution in [0.25, 0.3) is 0 Å². The van der Waals surface area contributed by atoms with Crippen molar-refractivity contribution < 1.29 is 4.79 Å². The van der Waals surface area contributed by atoms with Crippen LogP contribution in [0, 0.1) is 0 Å². The van der Waals surface area contributed by atoms with Gasteiger partial charge in [0, 0.05) is 30.4 Å². The highest BCUT2D eigenvalue weighted by Crippen LogP contribution is 2.22. The standard InChI is InChI=1S/C13H16N4OS/c1-13(2,12-16-6-7-19-12)17-11(18)9-4-5-15-10(8-9)14-3/h4-8H,1-3H3,(H,14,15)(H,17,18). The zero-order valence-electron chi connectivity index (χ0n) is 11.1. The van der Waals surface area contributed by atoms with E-state index in [0.29, 0.717) is 11.4 Å². The molecule has 0 bridgehead atoms. The largest absolute Gasteiger partial charge is 0.373 e. The minimum atomic E-state index is -0.492. The van der Waals surface area contributed by atoms with E-state index in [1.165, 1.54) is 11.3 Å². The van der Waals surface area contributed by atoms with Crippen LogP contribution in [0.1, 0.15) is 29.2 Å². The quantitative estimate of drug-likeness (QED) is 0.898. The van der Waals surface area contributed by atoms with Gasteiger partial charge in [0.25, 0.3) is 5.91 Å². The Morgan fingerprint density at radius 3 is 2.74 bits per heavy atom. The van der Waals surface area contributed by atoms with Crippen LogP contribution < -0.4 is 10.6 Å². The fraction of sp³-hybridized carbons (Fsp3) is 0.308. The number of hydrogen-bond acceptors (Lipinski definition) is 5. The van der Waals surface area contributed by atoms with Gasteiger partial charge in [-0.2, -0.15) is 0 Å². The third-order valence-electron chi connectivity index (χ3n) is 2.67. The molecule has 0 atom stereocenters. The lowest BCUT2D eigenvalue weighted by atomic mass is 10.1. The molecule has 2 heterocycles. The zero-order valence-corrected chi connectivity index (χ0v) is 11.9. The summed E-state index contributed by atoms with van der Waals surface area (Å²) in [5.74, 6) is 0.527. The van der Waals surface area contributed by atoms with Gasteiger partial charge in [0.2, 0.25) is 0 Å². The number of aromatic nitrogens is 2. The van der Waals surface area contributed by atoms with E-state index in [9.17, 15) is 4.79 Å². The van der Waals surface area contributed by atoms with Crippen molar-refractivity contribution in [3.8, 4) is 0 Å². The molecule has 0 spiro atoms. The average Bonchev–Trinajstić information content (AvgIpc) is 2.93. The Labute approximate surface area is 116 Å². The van der Waals surface area contributed by atoms with Crippen molar-refractivity contribution in [2.45, 2.75) is 19.4 Å². The summed E-state index contributed by atoms with van der Waals surface area (Å²) in [5, 5.41) is 8.67. The highest BCUT2D eigenvalue weighted by Gasteiger charge is 2.26. The molecule has 2 N–H and O–H groups in total. The summed E-state index contributed by atoms with van der Waals surface area (Å²) in [6, 6.07) is 3.40. The number of carbonyl (C=O) groups excluding carboxylic acids is 1. The number of anilines is 1. The third-order valence-corrected chi connectivity index (χ3v) is 3.77. The van der Waals surface area contributed by atoms with E-state index >= 15 is 0 Å². The van der Waals surface area contributed by atoms with Gasteiger partial charge in [-0.1, -0.05) is 0 Å². The zero-order chi connectivity index (χ0) is 13.9. The summed E-state index contributed by atoms with van der Waals surface area (Å²) < 4.78 is 0. The maximum absolute atomic E-state index is 12.2. The fourth-order valence-electron chi connectivity index (χ4n) is 1.65. The molecule has 2 aromatic rings. The van der Waals surface area contributed by atoms with Crippen molar-refractivity contribution in [2.75, 3.05) is 12.4 Å². The van der Waals surface area contributed by atoms with Crippen LogP contribution in [0.3, 0.4) is 0 Å². The first-order valence-corrected chi connectivity index (χ1v) is 6.77. The van der Waals surface area contributed by atoms with Gasteiger partial charge >= 0.3 is 0 Å². The molecule has 0 fully saturated rings. The molecule has 2 rings (SSSR count). The molecule has 0 radical (unpaired) electrons. The van der Waals surface area contributed by atoms with E-state index in [0.717, 1.165) is 5.01 Å². The smallest absolute Gasteiger partial charge is 0.252 e. The molecule has 0 saturated heterocycles. The number of nitrogens with zero attached hydrogens (tertiary/aromatic N) is 2. The average molecular weight is 276 g/mol. The van der Waals surface area contributed by atoms with Gasteiger partial charge in [-0.15, -0.1) is 11.3 Å². The SMILES string of the molecule is CNc1cc(C(=O)NC(C)(C)c2nccs2)ccn1. The lowest BCUT2D eigenvalue weighted by Gasteiger charge is -2.23. The van der Waals surface area contributed by atoms with Gasteiger partial charge in [-0.3, -0.25) is 4.79 Å². The Balaban J connectivity index is 2.16. The molecule has 100 valence electrons. The van der Waals surface area contributed by atoms with Gasteiger partial charge < -0.3 is 10.6 Å². The molecule has 5 nitrogen and oxygen atoms in total. The van der Waals surface area contributed by atoms with E-state index in [1.807, 2.05) is 19.2 Å². The number of amides is 1. The maximum atomic E-state index is 12.2. The molecule has 1 amide bonds. The Hall–Kier alpha value is -1.95. The van der Waals surface area contributed by atoms with Gasteiger partial charge in [0.1, 0.15) is 10.8 Å². The molecular weight excluding hydrogens is 260 g/mol. The highest BCUT2D eigenvalue weighted by molar-refractivity contribution is 7.09. The predicted octanol–water partition coefficient (Wildman–Crippen LogP) is 2.24. The van der Waals surface area contributed by atoms with Gasteiger partial charge in [0.15, 0.2) is 0 Å². The topological polar surface area (TPSA) is 66.9 Å². The van der Waals surface area contributed by atoms with Crippen molar-refractivity contribution in [1.82, 2.24) is 15.3 Å². The van der Waals surface area contributed by atoms with Crippen molar-refractivity contribution in [2.24, 2.45) is 0 Å². The minimum Gasteiger partial charge on any atom is -0.373 e. The minimum absolute atomic E-state index is 0.140. The number of pyridine rings is 1. The number of rotatable bonds is 4. The van der Waals surface area contributed by atoms with Crippen LogP contribution in [0.15, 0.2) is 29.9 Å². The van der Waals surface area contributed by atoms with Gasteiger partial charge in [-0.25, -0.2) is 9.97 Å². The molecule has 0 aromatic carbocycles. The molecule has 0 aliphatic carbocycles. The fourth-order valence-corrected chi connectivity index (χ4v) is 2.37. The normalized spacial score (nSPS) is 11.1. The molecule has 0 saturated carbocycles. The second-order valence-electron chi connectivity index (χ2n) is 4.60. The van der Waals surface area contributed by atoms with Crippen molar-refractivity contribution in [3.05, 3.63) is 40.5 Å². The summed E-state index contributed by atoms with van der Waals surface area (Å²) in [7, 11) is 1.77. The van der Waals surface area contributed by atoms with Crippen LogP contribution in [0.4, 0.5) is 5.82 Å². The van der Waals surface area contributed by atoms with Crippen molar-refractivity contribution in [1.29, 1.82) is 0 Å². The number of nitrogens with one attached hydrogen (secondary N) is 2. The molecule has 0 aliphatic heterocycles. The lowest BCUT2D eigenvalue weighted by Crippen LogP contribution is -2.40. The molecule has 19 heavy (non-hydrogen) atoms. The lowest BCUT2D eigenvalue weighted by molar-refractivity contribution is 0.0912. The van der Waals surface area contributed by atoms with Crippen molar-refractivity contribution >= 4 is 23.1 Å². The monoisotopic (exact) mass is 276 g/mol. The molecule has 6 heteroatoms. The van der Waals surface area contributed by atoms with Crippen LogP contribution in [0.5, 0.6) is 0 Å². The van der Waals surface area contributed by atoms with E-state index in [-0.39, 0.29) is 5.91 Å². The maximum Gasteiger partial charge on any atom is 0.252 e. The Morgan fingerprint density at radius 1 is 1.32 bits per heavy atom. The third kappa shape index (κ3) is 3.08. The molecule has 2 aromatic heterocycles. The van der Waals surface area contributed by atoms with Crippen LogP contribution in [0.2, 0.25) is 0 Å². The van der Waals surface area contributed by atoms with Gasteiger partial charge in [0.05, 0.1) is 5.54 Å². The van der Waals surface area contributed by atoms with Crippen LogP contribution in [-0.4, -0.2) is 22.9 Å². The molecule has 0 unspecified atom stereocenters. The Morgan fingerprint density at radius 2 is 2.11 bits per heavy atom. The van der Waals surface area contributed by atoms with Gasteiger partial charge in [-0.05, 0) is 26.0 Å². The number of thiazole rings is 1. The Bertz CT molecular complexity index is 566. The Kier molecular flexibility index (Phi) is 3.80. The first-order chi connectivity index (χ1) is 9.03. The van der Waals surface area contributed by atoms with E-state index in [4.69, 9.17) is 0 Å². The number of carbonyl (C=O) groups is 1. The summed E-state index contributed by atoms with van der Waals surface area (Å²) in [6.45, 7) is 3.87. The summed E-state index contributed by atoms with van der Waals surface area (Å²) in [5.41, 5.74) is 0.0814. The summed E-state index contributed by atoms with van der Waals surface area (Å²) >= 11 is 1.52. The van der Waals surface area contributed by atoms with E-state index in [1.54, 1.807) is 31.6 Å². The van der Waals surface area contributed by atoms with E-state index in [2.05, 4.69) is 20.6 Å². The molecular formula is C13H16N4OS. The van der Waals surface area contributed by atoms with Crippen LogP contribution in [-0.2, 0) is 5.54 Å². The first-order valence-electron chi connectivity index (χ1n) is 5.89. The van der Waals surface area contributed by atoms with Crippen LogP contribution >= 0.6 is 11.3 Å². The predicted molar refractivity (Wildman–Crippen MR) is 76.4 cm³/mol. The second kappa shape index (κ2) is 5.36. The number of hydrogen-bond donors (Lipinski definition) is 2. The second-order valence-corrected chi connectivity index (χ2v) is 5.49. The summed E-state index contributed by atoms with van der Waals surface area (Å²) in [4.78, 5) is 20.6. The van der Waals surface area contributed by atoms with E-state index < -0.39 is 5.54 Å². The first kappa shape index (κ1) is 13.5. The highest BCUT2D eigenvalue weighted by atomic mass is 32.1. The molecule has 0 aliphatic rings. The van der Waals surface area contributed by atoms with Crippen molar-refractivity contribution in [3.63, 3.8) is 0 Å².